The fraction of sp³-hybridized carbons (Fsp3) is 1.00. The third-order valence-corrected chi connectivity index (χ3v) is 3.18. The van der Waals surface area contributed by atoms with Crippen LogP contribution < -0.4 is 0 Å². The van der Waals surface area contributed by atoms with E-state index in [0.29, 0.717) is 0 Å². The molecule has 0 saturated carbocycles. The molecule has 74 valence electrons. The minimum absolute atomic E-state index is 0.720. The maximum Gasteiger partial charge on any atom is 0.0159 e. The molecule has 0 aromatic heterocycles. The highest BCUT2D eigenvalue weighted by atomic mass is 79.9. The van der Waals surface area contributed by atoms with E-state index in [2.05, 4.69) is 48.5 Å². The average Bonchev–Trinajstić information content (AvgIpc) is 2.11. The maximum atomic E-state index is 3.49. The van der Waals surface area contributed by atoms with E-state index in [0.717, 1.165) is 23.8 Å². The van der Waals surface area contributed by atoms with Crippen molar-refractivity contribution in [2.24, 2.45) is 5.92 Å². The molecule has 0 aliphatic carbocycles. The van der Waals surface area contributed by atoms with Crippen molar-refractivity contribution in [1.29, 1.82) is 0 Å². The molecule has 0 heterocycles. The van der Waals surface area contributed by atoms with Gasteiger partial charge in [0.05, 0.1) is 0 Å². The van der Waals surface area contributed by atoms with Gasteiger partial charge in [0, 0.05) is 17.9 Å². The molecule has 0 rings (SSSR count). The Bertz CT molecular complexity index is 106. The largest absolute Gasteiger partial charge is 0.300 e. The molecule has 1 nitrogen and oxygen atoms in total. The van der Waals surface area contributed by atoms with Crippen LogP contribution in [0.3, 0.4) is 0 Å². The maximum absolute atomic E-state index is 3.49. The lowest BCUT2D eigenvalue weighted by Gasteiger charge is -2.31. The molecule has 0 fully saturated rings. The summed E-state index contributed by atoms with van der Waals surface area (Å²) in [7, 11) is 0. The van der Waals surface area contributed by atoms with E-state index in [1.807, 2.05) is 0 Å². The summed E-state index contributed by atoms with van der Waals surface area (Å²) in [4.78, 5) is 2.53. The third-order valence-electron chi connectivity index (χ3n) is 2.82. The van der Waals surface area contributed by atoms with E-state index in [1.54, 1.807) is 0 Å². The van der Waals surface area contributed by atoms with Crippen molar-refractivity contribution >= 4 is 15.9 Å². The van der Waals surface area contributed by atoms with Gasteiger partial charge < -0.3 is 0 Å². The van der Waals surface area contributed by atoms with Crippen molar-refractivity contribution in [3.05, 3.63) is 0 Å². The van der Waals surface area contributed by atoms with Crippen LogP contribution in [0.25, 0.3) is 0 Å². The number of halogens is 1. The Balaban J connectivity index is 3.91. The van der Waals surface area contributed by atoms with Crippen molar-refractivity contribution in [2.45, 2.75) is 40.2 Å². The number of hydrogen-bond donors (Lipinski definition) is 0. The van der Waals surface area contributed by atoms with Gasteiger partial charge in [0.1, 0.15) is 0 Å². The highest BCUT2D eigenvalue weighted by Gasteiger charge is 2.16. The molecule has 0 radical (unpaired) electrons. The molecular formula is C10H22BrN. The lowest BCUT2D eigenvalue weighted by Crippen LogP contribution is -2.38. The highest BCUT2D eigenvalue weighted by Crippen LogP contribution is 2.13. The van der Waals surface area contributed by atoms with Crippen LogP contribution in [0.15, 0.2) is 0 Å². The van der Waals surface area contributed by atoms with Gasteiger partial charge in [-0.15, -0.1) is 0 Å². The molecule has 12 heavy (non-hydrogen) atoms. The van der Waals surface area contributed by atoms with Crippen molar-refractivity contribution in [3.8, 4) is 0 Å². The van der Waals surface area contributed by atoms with E-state index in [1.165, 1.54) is 13.0 Å². The van der Waals surface area contributed by atoms with Gasteiger partial charge in [0.15, 0.2) is 0 Å². The number of alkyl halides is 1. The Hall–Kier alpha value is 0.440. The fourth-order valence-electron chi connectivity index (χ4n) is 1.46. The first-order valence-electron chi connectivity index (χ1n) is 4.97. The molecule has 0 aliphatic rings. The van der Waals surface area contributed by atoms with Gasteiger partial charge in [-0.3, -0.25) is 4.90 Å². The number of hydrogen-bond acceptors (Lipinski definition) is 1. The zero-order valence-electron chi connectivity index (χ0n) is 8.81. The zero-order chi connectivity index (χ0) is 9.56. The molecule has 0 aromatic rings. The van der Waals surface area contributed by atoms with Gasteiger partial charge in [-0.2, -0.15) is 0 Å². The molecule has 0 spiro atoms. The number of nitrogens with zero attached hydrogens (tertiary/aromatic N) is 1. The average molecular weight is 236 g/mol. The first-order valence-corrected chi connectivity index (χ1v) is 6.09. The van der Waals surface area contributed by atoms with Gasteiger partial charge in [-0.1, -0.05) is 43.1 Å². The first-order chi connectivity index (χ1) is 5.67. The smallest absolute Gasteiger partial charge is 0.0159 e. The summed E-state index contributed by atoms with van der Waals surface area (Å²) < 4.78 is 0. The van der Waals surface area contributed by atoms with Gasteiger partial charge in [0.2, 0.25) is 0 Å². The van der Waals surface area contributed by atoms with Crippen LogP contribution >= 0.6 is 15.9 Å². The Labute approximate surface area is 85.7 Å². The van der Waals surface area contributed by atoms with Crippen LogP contribution in [0.4, 0.5) is 0 Å². The van der Waals surface area contributed by atoms with Gasteiger partial charge in [0.25, 0.3) is 0 Å². The van der Waals surface area contributed by atoms with Crippen molar-refractivity contribution in [2.75, 3.05) is 18.4 Å². The molecule has 0 aromatic carbocycles. The Morgan fingerprint density at radius 1 is 1.25 bits per heavy atom. The Morgan fingerprint density at radius 3 is 2.17 bits per heavy atom. The molecule has 0 aliphatic heterocycles. The van der Waals surface area contributed by atoms with Gasteiger partial charge in [-0.25, -0.2) is 0 Å². The Kier molecular flexibility index (Phi) is 7.16. The summed E-state index contributed by atoms with van der Waals surface area (Å²) in [5.74, 6) is 0.809. The topological polar surface area (TPSA) is 3.24 Å². The predicted octanol–water partition coefficient (Wildman–Crippen LogP) is 3.14. The van der Waals surface area contributed by atoms with E-state index >= 15 is 0 Å². The first kappa shape index (κ1) is 12.4. The van der Waals surface area contributed by atoms with Crippen LogP contribution in [0.2, 0.25) is 0 Å². The van der Waals surface area contributed by atoms with Gasteiger partial charge >= 0.3 is 0 Å². The fourth-order valence-corrected chi connectivity index (χ4v) is 1.91. The lowest BCUT2D eigenvalue weighted by molar-refractivity contribution is 0.177. The highest BCUT2D eigenvalue weighted by molar-refractivity contribution is 9.09. The van der Waals surface area contributed by atoms with Crippen LogP contribution in [0, 0.1) is 5.92 Å². The van der Waals surface area contributed by atoms with Crippen LogP contribution in [-0.2, 0) is 0 Å². The number of rotatable bonds is 6. The summed E-state index contributed by atoms with van der Waals surface area (Å²) in [5.41, 5.74) is 0. The minimum Gasteiger partial charge on any atom is -0.300 e. The molecule has 2 heteroatoms. The molecule has 1 unspecified atom stereocenters. The molecular weight excluding hydrogens is 214 g/mol. The summed E-state index contributed by atoms with van der Waals surface area (Å²) in [5, 5.41) is 1.08. The molecule has 0 N–H and O–H groups in total. The van der Waals surface area contributed by atoms with Crippen LogP contribution in [0.1, 0.15) is 34.1 Å². The summed E-state index contributed by atoms with van der Waals surface area (Å²) in [6.07, 6.45) is 1.28. The SMILES string of the molecule is CC[C@H](C)C(C)N(CC)CCBr. The molecule has 0 saturated heterocycles. The molecule has 2 atom stereocenters. The zero-order valence-corrected chi connectivity index (χ0v) is 10.4. The predicted molar refractivity (Wildman–Crippen MR) is 60.0 cm³/mol. The summed E-state index contributed by atoms with van der Waals surface area (Å²) in [6, 6.07) is 0.720. The quantitative estimate of drug-likeness (QED) is 0.640. The van der Waals surface area contributed by atoms with E-state index < -0.39 is 0 Å². The third kappa shape index (κ3) is 3.90. The van der Waals surface area contributed by atoms with Crippen molar-refractivity contribution < 1.29 is 0 Å². The monoisotopic (exact) mass is 235 g/mol. The lowest BCUT2D eigenvalue weighted by atomic mass is 9.99. The van der Waals surface area contributed by atoms with Crippen LogP contribution in [0.5, 0.6) is 0 Å². The normalized spacial score (nSPS) is 16.5. The van der Waals surface area contributed by atoms with Crippen molar-refractivity contribution in [3.63, 3.8) is 0 Å². The van der Waals surface area contributed by atoms with Gasteiger partial charge in [-0.05, 0) is 19.4 Å². The minimum atomic E-state index is 0.720. The second kappa shape index (κ2) is 6.90. The second-order valence-corrected chi connectivity index (χ2v) is 4.24. The second-order valence-electron chi connectivity index (χ2n) is 3.44. The van der Waals surface area contributed by atoms with Crippen molar-refractivity contribution in [1.82, 2.24) is 4.90 Å². The van der Waals surface area contributed by atoms with E-state index in [9.17, 15) is 0 Å². The summed E-state index contributed by atoms with van der Waals surface area (Å²) in [6.45, 7) is 11.5. The van der Waals surface area contributed by atoms with E-state index in [-0.39, 0.29) is 0 Å². The Morgan fingerprint density at radius 2 is 1.83 bits per heavy atom. The summed E-state index contributed by atoms with van der Waals surface area (Å²) >= 11 is 3.49. The standard InChI is InChI=1S/C10H22BrN/c1-5-9(3)10(4)12(6-2)8-7-11/h9-10H,5-8H2,1-4H3/t9-,10?/m0/s1. The molecule has 0 amide bonds. The molecule has 0 bridgehead atoms. The van der Waals surface area contributed by atoms with E-state index in [4.69, 9.17) is 0 Å². The van der Waals surface area contributed by atoms with Crippen LogP contribution in [-0.4, -0.2) is 29.4 Å².